The molecule has 0 spiro atoms. The molecule has 0 aliphatic carbocycles. The molecule has 2 aromatic rings. The van der Waals surface area contributed by atoms with E-state index in [1.807, 2.05) is 6.07 Å². The predicted octanol–water partition coefficient (Wildman–Crippen LogP) is 1.47. The standard InChI is InChI=1S/C21H25N3O6S/c1-29-18-8-7-17(15-19(18)31(27,28)24-11-13-30-14-12-24)23-20(25)9-10-22-21(26)16-5-3-2-4-6-16/h2-8,15H,9-14H2,1H3,(H,22,26)(H,23,25). The van der Waals surface area contributed by atoms with Crippen LogP contribution in [0.25, 0.3) is 0 Å². The van der Waals surface area contributed by atoms with Crippen LogP contribution >= 0.6 is 0 Å². The van der Waals surface area contributed by atoms with Crippen LogP contribution in [0.2, 0.25) is 0 Å². The molecule has 166 valence electrons. The zero-order valence-corrected chi connectivity index (χ0v) is 18.0. The number of morpholine rings is 1. The van der Waals surface area contributed by atoms with Crippen molar-refractivity contribution in [3.8, 4) is 5.75 Å². The van der Waals surface area contributed by atoms with E-state index in [-0.39, 0.29) is 48.5 Å². The van der Waals surface area contributed by atoms with Gasteiger partial charge in [0.2, 0.25) is 15.9 Å². The van der Waals surface area contributed by atoms with Crippen LogP contribution in [-0.2, 0) is 19.6 Å². The second-order valence-electron chi connectivity index (χ2n) is 6.80. The Balaban J connectivity index is 1.63. The van der Waals surface area contributed by atoms with Crippen LogP contribution in [-0.4, -0.2) is 64.5 Å². The molecule has 1 saturated heterocycles. The van der Waals surface area contributed by atoms with E-state index in [1.165, 1.54) is 23.5 Å². The largest absolute Gasteiger partial charge is 0.495 e. The second-order valence-corrected chi connectivity index (χ2v) is 8.71. The van der Waals surface area contributed by atoms with Crippen LogP contribution in [0.5, 0.6) is 5.75 Å². The average Bonchev–Trinajstić information content (AvgIpc) is 2.80. The Morgan fingerprint density at radius 1 is 1.10 bits per heavy atom. The van der Waals surface area contributed by atoms with Crippen LogP contribution in [0, 0.1) is 0 Å². The lowest BCUT2D eigenvalue weighted by Crippen LogP contribution is -2.40. The van der Waals surface area contributed by atoms with Crippen LogP contribution < -0.4 is 15.4 Å². The lowest BCUT2D eigenvalue weighted by atomic mass is 10.2. The summed E-state index contributed by atoms with van der Waals surface area (Å²) < 4.78 is 37.8. The molecule has 10 heteroatoms. The first-order valence-corrected chi connectivity index (χ1v) is 11.2. The number of methoxy groups -OCH3 is 1. The number of ether oxygens (including phenoxy) is 2. The third kappa shape index (κ3) is 5.81. The third-order valence-electron chi connectivity index (χ3n) is 4.71. The van der Waals surface area contributed by atoms with Crippen LogP contribution in [0.1, 0.15) is 16.8 Å². The van der Waals surface area contributed by atoms with Crippen LogP contribution in [0.3, 0.4) is 0 Å². The highest BCUT2D eigenvalue weighted by atomic mass is 32.2. The maximum atomic E-state index is 13.0. The Kier molecular flexibility index (Phi) is 7.61. The summed E-state index contributed by atoms with van der Waals surface area (Å²) in [5.74, 6) is -0.426. The minimum Gasteiger partial charge on any atom is -0.495 e. The first-order valence-electron chi connectivity index (χ1n) is 9.81. The molecule has 0 radical (unpaired) electrons. The third-order valence-corrected chi connectivity index (χ3v) is 6.63. The van der Waals surface area contributed by atoms with Crippen molar-refractivity contribution in [3.63, 3.8) is 0 Å². The summed E-state index contributed by atoms with van der Waals surface area (Å²) in [6.45, 7) is 1.31. The number of hydrogen-bond donors (Lipinski definition) is 2. The summed E-state index contributed by atoms with van der Waals surface area (Å²) >= 11 is 0. The maximum Gasteiger partial charge on any atom is 0.251 e. The number of nitrogens with zero attached hydrogens (tertiary/aromatic N) is 1. The fourth-order valence-electron chi connectivity index (χ4n) is 3.09. The van der Waals surface area contributed by atoms with E-state index in [0.717, 1.165) is 0 Å². The number of nitrogens with one attached hydrogen (secondary N) is 2. The lowest BCUT2D eigenvalue weighted by Gasteiger charge is -2.26. The van der Waals surface area contributed by atoms with Gasteiger partial charge in [0, 0.05) is 37.3 Å². The highest BCUT2D eigenvalue weighted by Gasteiger charge is 2.29. The van der Waals surface area contributed by atoms with E-state index in [0.29, 0.717) is 24.5 Å². The van der Waals surface area contributed by atoms with Gasteiger partial charge in [0.25, 0.3) is 5.91 Å². The Bertz CT molecular complexity index is 1020. The molecule has 2 amide bonds. The number of benzene rings is 2. The smallest absolute Gasteiger partial charge is 0.251 e. The van der Waals surface area contributed by atoms with Crippen molar-refractivity contribution >= 4 is 27.5 Å². The Morgan fingerprint density at radius 3 is 2.48 bits per heavy atom. The molecule has 0 atom stereocenters. The van der Waals surface area contributed by atoms with Gasteiger partial charge in [-0.15, -0.1) is 0 Å². The van der Waals surface area contributed by atoms with E-state index >= 15 is 0 Å². The van der Waals surface area contributed by atoms with Crippen LogP contribution in [0.4, 0.5) is 5.69 Å². The molecule has 31 heavy (non-hydrogen) atoms. The Morgan fingerprint density at radius 2 is 1.81 bits per heavy atom. The topological polar surface area (TPSA) is 114 Å². The van der Waals surface area contributed by atoms with Gasteiger partial charge in [0.05, 0.1) is 20.3 Å². The summed E-state index contributed by atoms with van der Waals surface area (Å²) in [5, 5.41) is 5.35. The summed E-state index contributed by atoms with van der Waals surface area (Å²) in [7, 11) is -2.41. The van der Waals surface area contributed by atoms with Crippen molar-refractivity contribution in [3.05, 3.63) is 54.1 Å². The number of carbonyl (C=O) groups excluding carboxylic acids is 2. The fourth-order valence-corrected chi connectivity index (χ4v) is 4.68. The number of hydrogen-bond acceptors (Lipinski definition) is 6. The second kappa shape index (κ2) is 10.4. The first-order chi connectivity index (χ1) is 14.9. The van der Waals surface area contributed by atoms with E-state index < -0.39 is 10.0 Å². The van der Waals surface area contributed by atoms with E-state index in [1.54, 1.807) is 30.3 Å². The van der Waals surface area contributed by atoms with Crippen molar-refractivity contribution in [2.24, 2.45) is 0 Å². The molecule has 1 fully saturated rings. The van der Waals surface area contributed by atoms with Gasteiger partial charge in [-0.05, 0) is 30.3 Å². The summed E-state index contributed by atoms with van der Waals surface area (Å²) in [6.07, 6.45) is 0.0378. The quantitative estimate of drug-likeness (QED) is 0.634. The molecule has 0 bridgehead atoms. The lowest BCUT2D eigenvalue weighted by molar-refractivity contribution is -0.116. The van der Waals surface area contributed by atoms with Gasteiger partial charge in [0.15, 0.2) is 0 Å². The molecule has 1 aliphatic heterocycles. The summed E-state index contributed by atoms with van der Waals surface area (Å²) in [5.41, 5.74) is 0.836. The monoisotopic (exact) mass is 447 g/mol. The fraction of sp³-hybridized carbons (Fsp3) is 0.333. The van der Waals surface area contributed by atoms with Gasteiger partial charge in [-0.25, -0.2) is 8.42 Å². The molecular weight excluding hydrogens is 422 g/mol. The van der Waals surface area contributed by atoms with Gasteiger partial charge < -0.3 is 20.1 Å². The highest BCUT2D eigenvalue weighted by molar-refractivity contribution is 7.89. The summed E-state index contributed by atoms with van der Waals surface area (Å²) in [4.78, 5) is 24.3. The molecule has 0 unspecified atom stereocenters. The molecule has 0 saturated carbocycles. The van der Waals surface area contributed by atoms with Crippen molar-refractivity contribution in [1.82, 2.24) is 9.62 Å². The first kappa shape index (κ1) is 22.7. The molecule has 2 aromatic carbocycles. The van der Waals surface area contributed by atoms with E-state index in [9.17, 15) is 18.0 Å². The van der Waals surface area contributed by atoms with Crippen molar-refractivity contribution < 1.29 is 27.5 Å². The van der Waals surface area contributed by atoms with Gasteiger partial charge in [-0.3, -0.25) is 9.59 Å². The Hall–Kier alpha value is -2.95. The minimum absolute atomic E-state index is 0.0212. The molecule has 1 heterocycles. The number of sulfonamides is 1. The molecule has 3 rings (SSSR count). The minimum atomic E-state index is -3.80. The van der Waals surface area contributed by atoms with Gasteiger partial charge in [0.1, 0.15) is 10.6 Å². The van der Waals surface area contributed by atoms with Crippen LogP contribution in [0.15, 0.2) is 53.4 Å². The predicted molar refractivity (Wildman–Crippen MR) is 115 cm³/mol. The molecule has 1 aliphatic rings. The van der Waals surface area contributed by atoms with Crippen molar-refractivity contribution in [2.45, 2.75) is 11.3 Å². The summed E-state index contributed by atoms with van der Waals surface area (Å²) in [6, 6.07) is 13.1. The molecular formula is C21H25N3O6S. The van der Waals surface area contributed by atoms with Crippen molar-refractivity contribution in [1.29, 1.82) is 0 Å². The average molecular weight is 448 g/mol. The molecule has 9 nitrogen and oxygen atoms in total. The Labute approximate surface area is 181 Å². The van der Waals surface area contributed by atoms with E-state index in [2.05, 4.69) is 10.6 Å². The van der Waals surface area contributed by atoms with Gasteiger partial charge >= 0.3 is 0 Å². The number of carbonyl (C=O) groups is 2. The number of amides is 2. The normalized spacial score (nSPS) is 14.6. The van der Waals surface area contributed by atoms with E-state index in [4.69, 9.17) is 9.47 Å². The highest BCUT2D eigenvalue weighted by Crippen LogP contribution is 2.30. The van der Waals surface area contributed by atoms with Gasteiger partial charge in [-0.1, -0.05) is 18.2 Å². The number of rotatable bonds is 8. The zero-order chi connectivity index (χ0) is 22.3. The number of anilines is 1. The van der Waals surface area contributed by atoms with Gasteiger partial charge in [-0.2, -0.15) is 4.31 Å². The SMILES string of the molecule is COc1ccc(NC(=O)CCNC(=O)c2ccccc2)cc1S(=O)(=O)N1CCOCC1. The van der Waals surface area contributed by atoms with Crippen molar-refractivity contribution in [2.75, 3.05) is 45.3 Å². The zero-order valence-electron chi connectivity index (χ0n) is 17.2. The molecule has 2 N–H and O–H groups in total. The molecule has 0 aromatic heterocycles. The maximum absolute atomic E-state index is 13.0.